The van der Waals surface area contributed by atoms with Crippen LogP contribution in [0.2, 0.25) is 0 Å². The molecule has 0 bridgehead atoms. The highest BCUT2D eigenvalue weighted by Gasteiger charge is 2.30. The fourth-order valence-electron chi connectivity index (χ4n) is 1.03. The molecule has 0 spiro atoms. The van der Waals surface area contributed by atoms with E-state index in [0.29, 0.717) is 6.54 Å². The van der Waals surface area contributed by atoms with Crippen molar-refractivity contribution in [2.24, 2.45) is 5.18 Å². The third-order valence-electron chi connectivity index (χ3n) is 1.63. The van der Waals surface area contributed by atoms with E-state index in [1.807, 2.05) is 0 Å². The minimum absolute atomic E-state index is 0.0786. The Hall–Kier alpha value is -0.580. The van der Waals surface area contributed by atoms with Crippen molar-refractivity contribution < 1.29 is 4.79 Å². The summed E-state index contributed by atoms with van der Waals surface area (Å²) < 4.78 is 0. The third kappa shape index (κ3) is 1.71. The highest BCUT2D eigenvalue weighted by molar-refractivity contribution is 8.01. The number of likely N-dealkylation sites (N-methyl/N-ethyl adjacent to an activating group) is 1. The van der Waals surface area contributed by atoms with Crippen molar-refractivity contribution in [3.05, 3.63) is 4.91 Å². The second kappa shape index (κ2) is 3.21. The van der Waals surface area contributed by atoms with E-state index in [1.54, 1.807) is 18.9 Å². The summed E-state index contributed by atoms with van der Waals surface area (Å²) in [4.78, 5) is 22.8. The van der Waals surface area contributed by atoms with E-state index in [2.05, 4.69) is 5.18 Å². The number of amides is 1. The highest BCUT2D eigenvalue weighted by Crippen LogP contribution is 2.25. The molecule has 0 radical (unpaired) electrons. The van der Waals surface area contributed by atoms with Gasteiger partial charge in [0.15, 0.2) is 5.37 Å². The van der Waals surface area contributed by atoms with Gasteiger partial charge in [-0.25, -0.2) is 0 Å². The van der Waals surface area contributed by atoms with Crippen LogP contribution < -0.4 is 0 Å². The standard InChI is InChI=1S/C6H10N2O2S/c1-4-6(9)8(2)3-5(7-10)11-4/h4-5H,3H2,1-2H3. The fourth-order valence-corrected chi connectivity index (χ4v) is 2.16. The van der Waals surface area contributed by atoms with Crippen LogP contribution in [0.4, 0.5) is 0 Å². The predicted octanol–water partition coefficient (Wildman–Crippen LogP) is 0.673. The number of nitrogens with zero attached hydrogens (tertiary/aromatic N) is 2. The van der Waals surface area contributed by atoms with Crippen LogP contribution in [0.1, 0.15) is 6.92 Å². The summed E-state index contributed by atoms with van der Waals surface area (Å²) in [7, 11) is 1.69. The zero-order valence-corrected chi connectivity index (χ0v) is 7.30. The molecular formula is C6H10N2O2S. The van der Waals surface area contributed by atoms with Crippen LogP contribution in [0, 0.1) is 4.91 Å². The van der Waals surface area contributed by atoms with Gasteiger partial charge in [-0.05, 0) is 6.92 Å². The summed E-state index contributed by atoms with van der Waals surface area (Å²) >= 11 is 1.33. The number of hydrogen-bond donors (Lipinski definition) is 0. The molecule has 11 heavy (non-hydrogen) atoms. The molecule has 2 atom stereocenters. The lowest BCUT2D eigenvalue weighted by Gasteiger charge is -2.29. The maximum atomic E-state index is 11.1. The third-order valence-corrected chi connectivity index (χ3v) is 2.79. The molecule has 5 heteroatoms. The Balaban J connectivity index is 2.61. The number of rotatable bonds is 1. The number of carbonyl (C=O) groups is 1. The zero-order valence-electron chi connectivity index (χ0n) is 6.48. The Morgan fingerprint density at radius 1 is 1.73 bits per heavy atom. The van der Waals surface area contributed by atoms with E-state index in [-0.39, 0.29) is 16.5 Å². The zero-order chi connectivity index (χ0) is 8.43. The van der Waals surface area contributed by atoms with E-state index < -0.39 is 0 Å². The number of carbonyl (C=O) groups excluding carboxylic acids is 1. The summed E-state index contributed by atoms with van der Waals surface area (Å²) in [5.74, 6) is 0.0786. The van der Waals surface area contributed by atoms with Gasteiger partial charge in [-0.1, -0.05) is 5.18 Å². The number of hydrogen-bond acceptors (Lipinski definition) is 4. The van der Waals surface area contributed by atoms with Crippen LogP contribution in [0.25, 0.3) is 0 Å². The molecule has 1 fully saturated rings. The molecular weight excluding hydrogens is 164 g/mol. The van der Waals surface area contributed by atoms with Crippen LogP contribution in [0.3, 0.4) is 0 Å². The summed E-state index contributed by atoms with van der Waals surface area (Å²) in [6.07, 6.45) is 0. The van der Waals surface area contributed by atoms with Crippen molar-refractivity contribution in [1.82, 2.24) is 4.90 Å². The van der Waals surface area contributed by atoms with Crippen LogP contribution in [0.5, 0.6) is 0 Å². The lowest BCUT2D eigenvalue weighted by molar-refractivity contribution is -0.129. The minimum atomic E-state index is -0.285. The quantitative estimate of drug-likeness (QED) is 0.549. The molecule has 4 nitrogen and oxygen atoms in total. The summed E-state index contributed by atoms with van der Waals surface area (Å²) in [6, 6.07) is 0. The lowest BCUT2D eigenvalue weighted by atomic mass is 10.4. The smallest absolute Gasteiger partial charge is 0.235 e. The van der Waals surface area contributed by atoms with Crippen LogP contribution in [-0.4, -0.2) is 35.0 Å². The summed E-state index contributed by atoms with van der Waals surface area (Å²) in [6.45, 7) is 2.23. The second-order valence-corrected chi connectivity index (χ2v) is 4.08. The molecule has 62 valence electrons. The van der Waals surface area contributed by atoms with Gasteiger partial charge in [0.2, 0.25) is 5.91 Å². The first kappa shape index (κ1) is 8.52. The second-order valence-electron chi connectivity index (χ2n) is 2.56. The Labute approximate surface area is 69.3 Å². The van der Waals surface area contributed by atoms with Gasteiger partial charge >= 0.3 is 0 Å². The molecule has 0 aromatic heterocycles. The molecule has 2 unspecified atom stereocenters. The first-order valence-corrected chi connectivity index (χ1v) is 4.32. The summed E-state index contributed by atoms with van der Waals surface area (Å²) in [5.41, 5.74) is 0. The summed E-state index contributed by atoms with van der Waals surface area (Å²) in [5, 5.41) is 2.49. The van der Waals surface area contributed by atoms with Crippen LogP contribution >= 0.6 is 11.8 Å². The van der Waals surface area contributed by atoms with Crippen molar-refractivity contribution >= 4 is 17.7 Å². The molecule has 0 aliphatic carbocycles. The molecule has 0 N–H and O–H groups in total. The van der Waals surface area contributed by atoms with Gasteiger partial charge in [-0.3, -0.25) is 4.79 Å². The van der Waals surface area contributed by atoms with Gasteiger partial charge in [0.25, 0.3) is 0 Å². The van der Waals surface area contributed by atoms with Gasteiger partial charge in [0, 0.05) is 7.05 Å². The van der Waals surface area contributed by atoms with E-state index in [4.69, 9.17) is 0 Å². The van der Waals surface area contributed by atoms with Crippen LogP contribution in [-0.2, 0) is 4.79 Å². The normalized spacial score (nSPS) is 32.2. The molecule has 0 aromatic carbocycles. The SMILES string of the molecule is CC1SC(N=O)CN(C)C1=O. The average Bonchev–Trinajstić information content (AvgIpc) is 1.99. The van der Waals surface area contributed by atoms with Crippen molar-refractivity contribution in [1.29, 1.82) is 0 Å². The van der Waals surface area contributed by atoms with Gasteiger partial charge < -0.3 is 4.90 Å². The van der Waals surface area contributed by atoms with Crippen molar-refractivity contribution in [3.63, 3.8) is 0 Å². The molecule has 1 aliphatic rings. The molecule has 1 rings (SSSR count). The molecule has 1 aliphatic heterocycles. The predicted molar refractivity (Wildman–Crippen MR) is 44.3 cm³/mol. The van der Waals surface area contributed by atoms with Gasteiger partial charge in [0.05, 0.1) is 11.8 Å². The van der Waals surface area contributed by atoms with Crippen molar-refractivity contribution in [2.45, 2.75) is 17.5 Å². The first-order valence-electron chi connectivity index (χ1n) is 3.38. The van der Waals surface area contributed by atoms with E-state index >= 15 is 0 Å². The Morgan fingerprint density at radius 3 is 2.82 bits per heavy atom. The van der Waals surface area contributed by atoms with E-state index in [0.717, 1.165) is 0 Å². The Bertz CT molecular complexity index is 171. The van der Waals surface area contributed by atoms with Crippen molar-refractivity contribution in [3.8, 4) is 0 Å². The minimum Gasteiger partial charge on any atom is -0.342 e. The Kier molecular flexibility index (Phi) is 2.49. The average molecular weight is 174 g/mol. The topological polar surface area (TPSA) is 49.7 Å². The highest BCUT2D eigenvalue weighted by atomic mass is 32.2. The lowest BCUT2D eigenvalue weighted by Crippen LogP contribution is -2.42. The monoisotopic (exact) mass is 174 g/mol. The van der Waals surface area contributed by atoms with Gasteiger partial charge in [-0.2, -0.15) is 0 Å². The van der Waals surface area contributed by atoms with Crippen molar-refractivity contribution in [2.75, 3.05) is 13.6 Å². The maximum Gasteiger partial charge on any atom is 0.235 e. The van der Waals surface area contributed by atoms with E-state index in [9.17, 15) is 9.70 Å². The van der Waals surface area contributed by atoms with E-state index in [1.165, 1.54) is 11.8 Å². The van der Waals surface area contributed by atoms with Gasteiger partial charge in [-0.15, -0.1) is 16.7 Å². The fraction of sp³-hybridized carbons (Fsp3) is 0.833. The number of nitroso groups, excluding NO2 is 1. The number of thioether (sulfide) groups is 1. The first-order chi connectivity index (χ1) is 5.15. The largest absolute Gasteiger partial charge is 0.342 e. The van der Waals surface area contributed by atoms with Crippen LogP contribution in [0.15, 0.2) is 5.18 Å². The molecule has 1 amide bonds. The Morgan fingerprint density at radius 2 is 2.36 bits per heavy atom. The molecule has 0 saturated carbocycles. The van der Waals surface area contributed by atoms with Gasteiger partial charge in [0.1, 0.15) is 0 Å². The maximum absolute atomic E-state index is 11.1. The molecule has 1 heterocycles. The molecule has 0 aromatic rings. The molecule has 1 saturated heterocycles.